The molecule has 2 rings (SSSR count). The summed E-state index contributed by atoms with van der Waals surface area (Å²) in [6.45, 7) is 0. The van der Waals surface area contributed by atoms with E-state index in [-0.39, 0.29) is 18.0 Å². The van der Waals surface area contributed by atoms with E-state index >= 15 is 0 Å². The van der Waals surface area contributed by atoms with Crippen molar-refractivity contribution in [2.75, 3.05) is 11.5 Å². The van der Waals surface area contributed by atoms with Crippen molar-refractivity contribution in [3.63, 3.8) is 0 Å². The number of hydrogen-bond acceptors (Lipinski definition) is 6. The van der Waals surface area contributed by atoms with Crippen LogP contribution in [-0.4, -0.2) is 22.3 Å². The first-order valence-corrected chi connectivity index (χ1v) is 7.57. The smallest absolute Gasteiger partial charge is 0.269 e. The highest BCUT2D eigenvalue weighted by atomic mass is 32.2. The third-order valence-corrected chi connectivity index (χ3v) is 6.28. The van der Waals surface area contributed by atoms with Crippen LogP contribution in [-0.2, 0) is 8.87 Å². The minimum atomic E-state index is -0.477. The van der Waals surface area contributed by atoms with Gasteiger partial charge < -0.3 is 0 Å². The monoisotopic (exact) mass is 299 g/mol. The summed E-state index contributed by atoms with van der Waals surface area (Å²) in [4.78, 5) is 22.0. The molecule has 1 aromatic rings. The molecule has 0 unspecified atom stereocenters. The van der Waals surface area contributed by atoms with Gasteiger partial charge in [0.1, 0.15) is 0 Å². The number of carbonyl (C=O) groups excluding carboxylic acids is 1. The van der Waals surface area contributed by atoms with Gasteiger partial charge in [-0.2, -0.15) is 0 Å². The minimum absolute atomic E-state index is 0.0399. The number of rotatable bonds is 4. The fourth-order valence-electron chi connectivity index (χ4n) is 1.94. The molecule has 0 radical (unpaired) electrons. The molecular weight excluding hydrogens is 286 g/mol. The van der Waals surface area contributed by atoms with E-state index in [0.29, 0.717) is 0 Å². The molecule has 1 heterocycles. The molecule has 1 fully saturated rings. The van der Waals surface area contributed by atoms with Gasteiger partial charge in [-0.25, -0.2) is 5.84 Å². The lowest BCUT2D eigenvalue weighted by atomic mass is 10.1. The topological polar surface area (TPSA) is 98.3 Å². The summed E-state index contributed by atoms with van der Waals surface area (Å²) in [5.41, 5.74) is 2.95. The van der Waals surface area contributed by atoms with Gasteiger partial charge in [0.05, 0.1) is 15.4 Å². The van der Waals surface area contributed by atoms with E-state index in [2.05, 4.69) is 5.43 Å². The number of hydrogen-bond donors (Lipinski definition) is 2. The average Bonchev–Trinajstić information content (AvgIpc) is 2.88. The molecule has 0 aliphatic carbocycles. The summed E-state index contributed by atoms with van der Waals surface area (Å²) in [5.74, 6) is 6.68. The molecule has 0 bridgehead atoms. The van der Waals surface area contributed by atoms with Crippen LogP contribution < -0.4 is 11.3 Å². The van der Waals surface area contributed by atoms with E-state index in [1.54, 1.807) is 29.6 Å². The van der Waals surface area contributed by atoms with Crippen LogP contribution >= 0.6 is 23.5 Å². The minimum Gasteiger partial charge on any atom is -0.294 e. The number of thioether (sulfide) groups is 2. The maximum absolute atomic E-state index is 11.6. The Morgan fingerprint density at radius 2 is 2.16 bits per heavy atom. The Hall–Kier alpha value is -1.25. The predicted molar refractivity (Wildman–Crippen MR) is 76.6 cm³/mol. The van der Waals surface area contributed by atoms with E-state index in [0.717, 1.165) is 17.1 Å². The molecule has 8 heteroatoms. The number of hydrazine groups is 1. The quantitative estimate of drug-likeness (QED) is 0.379. The largest absolute Gasteiger partial charge is 0.294 e. The van der Waals surface area contributed by atoms with Gasteiger partial charge >= 0.3 is 0 Å². The van der Waals surface area contributed by atoms with Crippen LogP contribution in [0.5, 0.6) is 0 Å². The number of nitro benzene ring substituents is 1. The van der Waals surface area contributed by atoms with Crippen LogP contribution in [0.1, 0.15) is 12.0 Å². The third-order valence-electron chi connectivity index (χ3n) is 2.80. The number of nitrogens with two attached hydrogens (primary N) is 1. The van der Waals surface area contributed by atoms with Crippen LogP contribution in [0, 0.1) is 10.1 Å². The summed E-state index contributed by atoms with van der Waals surface area (Å²) in [6, 6.07) is 6.46. The van der Waals surface area contributed by atoms with Gasteiger partial charge in [0.2, 0.25) is 5.91 Å². The molecule has 1 aliphatic rings. The van der Waals surface area contributed by atoms with Crippen molar-refractivity contribution in [1.29, 1.82) is 0 Å². The van der Waals surface area contributed by atoms with E-state index in [9.17, 15) is 14.9 Å². The highest BCUT2D eigenvalue weighted by Crippen LogP contribution is 2.54. The van der Waals surface area contributed by atoms with Crippen molar-refractivity contribution in [2.24, 2.45) is 5.84 Å². The van der Waals surface area contributed by atoms with Crippen LogP contribution in [0.15, 0.2) is 24.3 Å². The second-order valence-electron chi connectivity index (χ2n) is 4.00. The second kappa shape index (κ2) is 5.81. The van der Waals surface area contributed by atoms with Crippen LogP contribution in [0.25, 0.3) is 0 Å². The summed E-state index contributed by atoms with van der Waals surface area (Å²) < 4.78 is -0.477. The standard InChI is InChI=1S/C11H13N3O3S2/c12-13-10(15)7-11(18-4-5-19-11)8-2-1-3-9(6-8)14(16)17/h1-3,6H,4-5,7,12H2,(H,13,15). The van der Waals surface area contributed by atoms with Crippen molar-refractivity contribution in [3.8, 4) is 0 Å². The zero-order chi connectivity index (χ0) is 13.9. The molecule has 1 saturated heterocycles. The molecule has 19 heavy (non-hydrogen) atoms. The lowest BCUT2D eigenvalue weighted by Crippen LogP contribution is -2.34. The van der Waals surface area contributed by atoms with Gasteiger partial charge in [-0.3, -0.25) is 20.3 Å². The lowest BCUT2D eigenvalue weighted by Gasteiger charge is -2.26. The Labute approximate surface area is 118 Å². The molecule has 1 aliphatic heterocycles. The lowest BCUT2D eigenvalue weighted by molar-refractivity contribution is -0.384. The summed E-state index contributed by atoms with van der Waals surface area (Å²) in [5, 5.41) is 10.8. The SMILES string of the molecule is NNC(=O)CC1(c2cccc([N+](=O)[O-])c2)SCCS1. The number of carbonyl (C=O) groups is 1. The Kier molecular flexibility index (Phi) is 4.33. The Morgan fingerprint density at radius 3 is 2.74 bits per heavy atom. The molecule has 0 aromatic heterocycles. The van der Waals surface area contributed by atoms with E-state index < -0.39 is 9.00 Å². The molecule has 0 saturated carbocycles. The first kappa shape index (κ1) is 14.2. The summed E-state index contributed by atoms with van der Waals surface area (Å²) in [6.07, 6.45) is 0.208. The molecule has 0 atom stereocenters. The summed E-state index contributed by atoms with van der Waals surface area (Å²) >= 11 is 3.26. The van der Waals surface area contributed by atoms with Crippen molar-refractivity contribution in [1.82, 2.24) is 5.43 Å². The van der Waals surface area contributed by atoms with Crippen molar-refractivity contribution >= 4 is 35.1 Å². The molecule has 3 N–H and O–H groups in total. The Balaban J connectivity index is 2.36. The van der Waals surface area contributed by atoms with Crippen molar-refractivity contribution in [2.45, 2.75) is 10.5 Å². The molecule has 0 spiro atoms. The van der Waals surface area contributed by atoms with Crippen molar-refractivity contribution < 1.29 is 9.72 Å². The zero-order valence-corrected chi connectivity index (χ0v) is 11.6. The van der Waals surface area contributed by atoms with E-state index in [4.69, 9.17) is 5.84 Å². The van der Waals surface area contributed by atoms with Gasteiger partial charge in [0, 0.05) is 23.6 Å². The number of nitrogens with one attached hydrogen (secondary N) is 1. The van der Waals surface area contributed by atoms with Gasteiger partial charge in [0.15, 0.2) is 0 Å². The maximum atomic E-state index is 11.6. The van der Waals surface area contributed by atoms with Crippen molar-refractivity contribution in [3.05, 3.63) is 39.9 Å². The second-order valence-corrected chi connectivity index (χ2v) is 7.05. The molecule has 1 aromatic carbocycles. The molecule has 102 valence electrons. The number of nitrogens with zero attached hydrogens (tertiary/aromatic N) is 1. The predicted octanol–water partition coefficient (Wildman–Crippen LogP) is 1.61. The first-order valence-electron chi connectivity index (χ1n) is 5.60. The number of benzene rings is 1. The van der Waals surface area contributed by atoms with Crippen LogP contribution in [0.2, 0.25) is 0 Å². The third kappa shape index (κ3) is 3.02. The fourth-order valence-corrected chi connectivity index (χ4v) is 5.16. The van der Waals surface area contributed by atoms with E-state index in [1.165, 1.54) is 12.1 Å². The average molecular weight is 299 g/mol. The van der Waals surface area contributed by atoms with E-state index in [1.807, 2.05) is 6.07 Å². The number of amides is 1. The maximum Gasteiger partial charge on any atom is 0.269 e. The normalized spacial score (nSPS) is 17.1. The Morgan fingerprint density at radius 1 is 1.47 bits per heavy atom. The van der Waals surface area contributed by atoms with Gasteiger partial charge in [0.25, 0.3) is 5.69 Å². The zero-order valence-electron chi connectivity index (χ0n) is 10.00. The highest BCUT2D eigenvalue weighted by molar-refractivity contribution is 8.20. The van der Waals surface area contributed by atoms with Crippen LogP contribution in [0.4, 0.5) is 5.69 Å². The number of nitro groups is 1. The molecule has 6 nitrogen and oxygen atoms in total. The van der Waals surface area contributed by atoms with Gasteiger partial charge in [-0.05, 0) is 5.56 Å². The number of non-ortho nitro benzene ring substituents is 1. The summed E-state index contributed by atoms with van der Waals surface area (Å²) in [7, 11) is 0. The molecular formula is C11H13N3O3S2. The Bertz CT molecular complexity index is 504. The molecule has 1 amide bonds. The fraction of sp³-hybridized carbons (Fsp3) is 0.364. The van der Waals surface area contributed by atoms with Crippen LogP contribution in [0.3, 0.4) is 0 Å². The first-order chi connectivity index (χ1) is 9.07. The van der Waals surface area contributed by atoms with Gasteiger partial charge in [-0.1, -0.05) is 12.1 Å². The highest BCUT2D eigenvalue weighted by Gasteiger charge is 2.40. The van der Waals surface area contributed by atoms with Gasteiger partial charge in [-0.15, -0.1) is 23.5 Å².